The molecule has 0 aromatic heterocycles. The minimum atomic E-state index is 0.619. The van der Waals surface area contributed by atoms with E-state index >= 15 is 0 Å². The fraction of sp³-hybridized carbons (Fsp3) is 0.154. The van der Waals surface area contributed by atoms with Gasteiger partial charge in [-0.3, -0.25) is 0 Å². The number of ether oxygens (including phenoxy) is 1. The zero-order chi connectivity index (χ0) is 10.2. The molecule has 0 aliphatic rings. The summed E-state index contributed by atoms with van der Waals surface area (Å²) in [5.74, 6) is 0.888. The molecule has 0 amide bonds. The summed E-state index contributed by atoms with van der Waals surface area (Å²) in [4.78, 5) is 0. The van der Waals surface area contributed by atoms with Crippen LogP contribution in [0, 0.1) is 6.92 Å². The van der Waals surface area contributed by atoms with Crippen molar-refractivity contribution in [3.8, 4) is 5.75 Å². The van der Waals surface area contributed by atoms with Gasteiger partial charge in [-0.25, -0.2) is 0 Å². The standard InChI is InChI=1S/C13H15O/c1-3-5-10-14-13-9-6-8-12(11-13)7-4-2/h3-9,11H,2,10H2,1H3/b5-3+,7-4+. The van der Waals surface area contributed by atoms with Crippen molar-refractivity contribution >= 4 is 6.08 Å². The van der Waals surface area contributed by atoms with Crippen LogP contribution in [0.4, 0.5) is 0 Å². The van der Waals surface area contributed by atoms with Gasteiger partial charge < -0.3 is 4.74 Å². The molecule has 14 heavy (non-hydrogen) atoms. The average molecular weight is 187 g/mol. The van der Waals surface area contributed by atoms with E-state index in [1.807, 2.05) is 49.4 Å². The molecule has 0 unspecified atom stereocenters. The Balaban J connectivity index is 2.63. The van der Waals surface area contributed by atoms with E-state index in [1.165, 1.54) is 0 Å². The average Bonchev–Trinajstić information content (AvgIpc) is 2.19. The molecule has 0 spiro atoms. The van der Waals surface area contributed by atoms with Gasteiger partial charge in [0.05, 0.1) is 0 Å². The predicted octanol–water partition coefficient (Wildman–Crippen LogP) is 3.49. The number of hydrogen-bond donors (Lipinski definition) is 0. The fourth-order valence-electron chi connectivity index (χ4n) is 1.08. The van der Waals surface area contributed by atoms with E-state index in [0.29, 0.717) is 6.61 Å². The van der Waals surface area contributed by atoms with Gasteiger partial charge in [-0.05, 0) is 31.5 Å². The van der Waals surface area contributed by atoms with Crippen molar-refractivity contribution in [1.82, 2.24) is 0 Å². The Hall–Kier alpha value is -1.50. The highest BCUT2D eigenvalue weighted by molar-refractivity contribution is 5.51. The predicted molar refractivity (Wildman–Crippen MR) is 61.1 cm³/mol. The van der Waals surface area contributed by atoms with Crippen LogP contribution >= 0.6 is 0 Å². The number of allylic oxidation sites excluding steroid dienone is 2. The summed E-state index contributed by atoms with van der Waals surface area (Å²) >= 11 is 0. The van der Waals surface area contributed by atoms with Crippen molar-refractivity contribution in [1.29, 1.82) is 0 Å². The monoisotopic (exact) mass is 187 g/mol. The van der Waals surface area contributed by atoms with E-state index < -0.39 is 0 Å². The molecule has 0 saturated heterocycles. The molecular formula is C13H15O. The molecule has 0 atom stereocenters. The maximum Gasteiger partial charge on any atom is 0.120 e. The second-order valence-electron chi connectivity index (χ2n) is 2.85. The van der Waals surface area contributed by atoms with Gasteiger partial charge in [0.15, 0.2) is 0 Å². The van der Waals surface area contributed by atoms with Crippen LogP contribution in [-0.4, -0.2) is 6.61 Å². The van der Waals surface area contributed by atoms with Gasteiger partial charge in [-0.1, -0.05) is 36.4 Å². The Morgan fingerprint density at radius 2 is 2.29 bits per heavy atom. The van der Waals surface area contributed by atoms with Crippen LogP contribution in [-0.2, 0) is 0 Å². The minimum absolute atomic E-state index is 0.619. The van der Waals surface area contributed by atoms with Crippen molar-refractivity contribution in [3.05, 3.63) is 55.0 Å². The molecule has 1 rings (SSSR count). The van der Waals surface area contributed by atoms with Gasteiger partial charge in [-0.15, -0.1) is 0 Å². The van der Waals surface area contributed by atoms with Crippen molar-refractivity contribution in [3.63, 3.8) is 0 Å². The lowest BCUT2D eigenvalue weighted by atomic mass is 10.2. The second kappa shape index (κ2) is 6.03. The maximum absolute atomic E-state index is 5.49. The molecular weight excluding hydrogens is 172 g/mol. The van der Waals surface area contributed by atoms with E-state index in [0.717, 1.165) is 11.3 Å². The van der Waals surface area contributed by atoms with Crippen LogP contribution in [0.5, 0.6) is 5.75 Å². The Morgan fingerprint density at radius 1 is 1.43 bits per heavy atom. The third kappa shape index (κ3) is 3.48. The molecule has 1 heteroatoms. The number of rotatable bonds is 4. The highest BCUT2D eigenvalue weighted by atomic mass is 16.5. The molecule has 0 aliphatic carbocycles. The first-order valence-electron chi connectivity index (χ1n) is 4.66. The summed E-state index contributed by atoms with van der Waals surface area (Å²) in [7, 11) is 0. The molecule has 0 heterocycles. The summed E-state index contributed by atoms with van der Waals surface area (Å²) in [5, 5.41) is 0. The lowest BCUT2D eigenvalue weighted by Crippen LogP contribution is -1.92. The smallest absolute Gasteiger partial charge is 0.120 e. The van der Waals surface area contributed by atoms with E-state index in [-0.39, 0.29) is 0 Å². The largest absolute Gasteiger partial charge is 0.490 e. The summed E-state index contributed by atoms with van der Waals surface area (Å²) < 4.78 is 5.49. The lowest BCUT2D eigenvalue weighted by molar-refractivity contribution is 0.362. The topological polar surface area (TPSA) is 9.23 Å². The van der Waals surface area contributed by atoms with Crippen LogP contribution in [0.1, 0.15) is 12.5 Å². The van der Waals surface area contributed by atoms with Crippen LogP contribution in [0.2, 0.25) is 0 Å². The van der Waals surface area contributed by atoms with Gasteiger partial charge in [0, 0.05) is 0 Å². The first kappa shape index (κ1) is 10.6. The van der Waals surface area contributed by atoms with Crippen molar-refractivity contribution in [2.75, 3.05) is 6.61 Å². The van der Waals surface area contributed by atoms with Crippen LogP contribution in [0.25, 0.3) is 6.08 Å². The first-order valence-corrected chi connectivity index (χ1v) is 4.66. The molecule has 0 N–H and O–H groups in total. The van der Waals surface area contributed by atoms with Gasteiger partial charge in [0.25, 0.3) is 0 Å². The Labute approximate surface area is 85.7 Å². The summed E-state index contributed by atoms with van der Waals surface area (Å²) in [6.45, 7) is 6.25. The summed E-state index contributed by atoms with van der Waals surface area (Å²) in [5.41, 5.74) is 1.11. The van der Waals surface area contributed by atoms with E-state index in [9.17, 15) is 0 Å². The molecule has 0 fully saturated rings. The molecule has 1 radical (unpaired) electrons. The fourth-order valence-corrected chi connectivity index (χ4v) is 1.08. The summed E-state index contributed by atoms with van der Waals surface area (Å²) in [6.07, 6.45) is 7.66. The van der Waals surface area contributed by atoms with Crippen molar-refractivity contribution < 1.29 is 4.74 Å². The number of benzene rings is 1. The molecule has 0 saturated carbocycles. The third-order valence-electron chi connectivity index (χ3n) is 1.75. The van der Waals surface area contributed by atoms with Crippen molar-refractivity contribution in [2.24, 2.45) is 0 Å². The van der Waals surface area contributed by atoms with Crippen LogP contribution in [0.15, 0.2) is 42.5 Å². The quantitative estimate of drug-likeness (QED) is 0.656. The van der Waals surface area contributed by atoms with E-state index in [2.05, 4.69) is 6.92 Å². The molecule has 1 aromatic carbocycles. The van der Waals surface area contributed by atoms with Crippen LogP contribution < -0.4 is 4.74 Å². The Morgan fingerprint density at radius 3 is 3.00 bits per heavy atom. The SMILES string of the molecule is [CH2]/C=C/c1cccc(OC/C=C/C)c1. The third-order valence-corrected chi connectivity index (χ3v) is 1.75. The van der Waals surface area contributed by atoms with E-state index in [4.69, 9.17) is 4.74 Å². The van der Waals surface area contributed by atoms with Gasteiger partial charge in [0.2, 0.25) is 0 Å². The summed E-state index contributed by atoms with van der Waals surface area (Å²) in [6, 6.07) is 7.93. The van der Waals surface area contributed by atoms with Gasteiger partial charge in [-0.2, -0.15) is 0 Å². The van der Waals surface area contributed by atoms with Crippen LogP contribution in [0.3, 0.4) is 0 Å². The van der Waals surface area contributed by atoms with Gasteiger partial charge >= 0.3 is 0 Å². The molecule has 1 nitrogen and oxygen atoms in total. The molecule has 0 bridgehead atoms. The molecule has 73 valence electrons. The maximum atomic E-state index is 5.49. The second-order valence-corrected chi connectivity index (χ2v) is 2.85. The van der Waals surface area contributed by atoms with Gasteiger partial charge in [0.1, 0.15) is 12.4 Å². The Kier molecular flexibility index (Phi) is 4.56. The highest BCUT2D eigenvalue weighted by Crippen LogP contribution is 2.14. The normalized spacial score (nSPS) is 11.3. The zero-order valence-corrected chi connectivity index (χ0v) is 8.44. The Bertz CT molecular complexity index is 324. The lowest BCUT2D eigenvalue weighted by Gasteiger charge is -2.03. The first-order chi connectivity index (χ1) is 6.86. The minimum Gasteiger partial charge on any atom is -0.490 e. The van der Waals surface area contributed by atoms with Crippen molar-refractivity contribution in [2.45, 2.75) is 6.92 Å². The highest BCUT2D eigenvalue weighted by Gasteiger charge is 1.92. The number of hydrogen-bond acceptors (Lipinski definition) is 1. The molecule has 0 aliphatic heterocycles. The zero-order valence-electron chi connectivity index (χ0n) is 8.44. The molecule has 1 aromatic rings. The van der Waals surface area contributed by atoms with E-state index in [1.54, 1.807) is 6.08 Å².